The molecule has 3 heterocycles. The highest BCUT2D eigenvalue weighted by atomic mass is 19.3. The minimum atomic E-state index is -2.82. The fourth-order valence-electron chi connectivity index (χ4n) is 4.88. The van der Waals surface area contributed by atoms with Gasteiger partial charge < -0.3 is 10.6 Å². The molecule has 0 aromatic carbocycles. The summed E-state index contributed by atoms with van der Waals surface area (Å²) in [6, 6.07) is -2.17. The maximum atomic E-state index is 13.5. The predicted octanol–water partition coefficient (Wildman–Crippen LogP) is 2.24. The summed E-state index contributed by atoms with van der Waals surface area (Å²) >= 11 is 0. The van der Waals surface area contributed by atoms with E-state index in [4.69, 9.17) is 0 Å². The summed E-state index contributed by atoms with van der Waals surface area (Å²) in [6.07, 6.45) is -0.0856. The number of carbonyl (C=O) groups is 2. The van der Waals surface area contributed by atoms with Gasteiger partial charge in [-0.05, 0) is 65.9 Å². The monoisotopic (exact) mass is 554 g/mol. The average molecular weight is 555 g/mol. The first-order valence-electron chi connectivity index (χ1n) is 12.5. The van der Waals surface area contributed by atoms with E-state index in [2.05, 4.69) is 46.2 Å². The van der Waals surface area contributed by atoms with Gasteiger partial charge in [0, 0.05) is 12.6 Å². The summed E-state index contributed by atoms with van der Waals surface area (Å²) in [5.74, 6) is -0.836. The Morgan fingerprint density at radius 1 is 1.10 bits per heavy atom. The molecule has 0 bridgehead atoms. The van der Waals surface area contributed by atoms with Crippen LogP contribution in [0.2, 0.25) is 0 Å². The van der Waals surface area contributed by atoms with E-state index in [-0.39, 0.29) is 40.7 Å². The number of nitrogens with one attached hydrogen (secondary N) is 2. The Morgan fingerprint density at radius 3 is 2.41 bits per heavy atom. The Labute approximate surface area is 218 Å². The maximum Gasteiger partial charge on any atom is 0.276 e. The van der Waals surface area contributed by atoms with Crippen molar-refractivity contribution in [3.8, 4) is 0 Å². The van der Waals surface area contributed by atoms with E-state index in [1.54, 1.807) is 6.92 Å². The van der Waals surface area contributed by atoms with Gasteiger partial charge in [0.1, 0.15) is 24.3 Å². The zero-order valence-electron chi connectivity index (χ0n) is 20.8. The smallest absolute Gasteiger partial charge is 0.276 e. The van der Waals surface area contributed by atoms with Gasteiger partial charge in [-0.1, -0.05) is 5.16 Å². The molecular weight excluding hydrogens is 528 g/mol. The van der Waals surface area contributed by atoms with E-state index < -0.39 is 49.7 Å². The van der Waals surface area contributed by atoms with Crippen molar-refractivity contribution in [1.29, 1.82) is 0 Å². The average Bonchev–Trinajstić information content (AvgIpc) is 3.76. The Morgan fingerprint density at radius 2 is 1.82 bits per heavy atom. The van der Waals surface area contributed by atoms with Crippen LogP contribution in [0.1, 0.15) is 60.2 Å². The molecular formula is C22H26F4N10O3. The molecule has 2 aliphatic rings. The van der Waals surface area contributed by atoms with Gasteiger partial charge in [-0.3, -0.25) is 14.3 Å². The third-order valence-corrected chi connectivity index (χ3v) is 6.91. The largest absolute Gasteiger partial charge is 0.338 e. The molecule has 0 aliphatic heterocycles. The summed E-state index contributed by atoms with van der Waals surface area (Å²) < 4.78 is 59.1. The van der Waals surface area contributed by atoms with Crippen LogP contribution in [0.15, 0.2) is 17.0 Å². The number of tetrazole rings is 1. The van der Waals surface area contributed by atoms with Crippen LogP contribution in [0.3, 0.4) is 0 Å². The van der Waals surface area contributed by atoms with Crippen LogP contribution in [-0.2, 0) is 11.3 Å². The molecule has 210 valence electrons. The first kappa shape index (κ1) is 26.7. The molecule has 2 amide bonds. The number of hydrogen-bond donors (Lipinski definition) is 2. The van der Waals surface area contributed by atoms with Crippen molar-refractivity contribution < 1.29 is 31.8 Å². The van der Waals surface area contributed by atoms with Crippen LogP contribution in [0, 0.1) is 24.7 Å². The molecule has 0 saturated heterocycles. The minimum absolute atomic E-state index is 0.0256. The fourth-order valence-corrected chi connectivity index (χ4v) is 4.88. The molecule has 2 fully saturated rings. The number of hydrogen-bond acceptors (Lipinski definition) is 9. The highest BCUT2D eigenvalue weighted by Gasteiger charge is 2.48. The number of alkyl halides is 4. The summed E-state index contributed by atoms with van der Waals surface area (Å²) in [4.78, 5) is 26.4. The third kappa shape index (κ3) is 6.22. The number of amides is 2. The molecule has 0 spiro atoms. The van der Waals surface area contributed by atoms with Crippen LogP contribution in [0.4, 0.5) is 23.2 Å². The van der Waals surface area contributed by atoms with Gasteiger partial charge in [-0.15, -0.1) is 5.10 Å². The van der Waals surface area contributed by atoms with E-state index in [1.807, 2.05) is 0 Å². The second-order valence-corrected chi connectivity index (χ2v) is 9.85. The van der Waals surface area contributed by atoms with E-state index in [1.165, 1.54) is 12.4 Å². The molecule has 17 heteroatoms. The number of aryl methyl sites for hydroxylation is 1. The lowest BCUT2D eigenvalue weighted by Crippen LogP contribution is -2.50. The standard InChI is InChI=1S/C22H26F4N10O3/c1-10-18(32-39-31-10)21(37)29-19(17(11-2-3-11)12-4-5-12)22(38)28-13-7-27-35(8-13)14(6-15(23)24)20-30-33-34-36(20)9-16(25)26/h7-8,11-12,14-17,19H,2-6,9H2,1H3,(H,28,38)(H,29,37)/t14?,19-/m0/s1. The van der Waals surface area contributed by atoms with Crippen LogP contribution in [0.5, 0.6) is 0 Å². The Bertz CT molecular complexity index is 1290. The summed E-state index contributed by atoms with van der Waals surface area (Å²) in [6.45, 7) is 0.681. The molecule has 2 N–H and O–H groups in total. The second kappa shape index (κ2) is 11.1. The van der Waals surface area contributed by atoms with Crippen LogP contribution >= 0.6 is 0 Å². The second-order valence-electron chi connectivity index (χ2n) is 9.85. The molecule has 1 unspecified atom stereocenters. The van der Waals surface area contributed by atoms with E-state index in [0.717, 1.165) is 35.0 Å². The minimum Gasteiger partial charge on any atom is -0.338 e. The van der Waals surface area contributed by atoms with Gasteiger partial charge in [0.05, 0.1) is 11.9 Å². The zero-order valence-corrected chi connectivity index (χ0v) is 20.8. The van der Waals surface area contributed by atoms with Crippen LogP contribution < -0.4 is 10.6 Å². The lowest BCUT2D eigenvalue weighted by molar-refractivity contribution is -0.119. The Kier molecular flexibility index (Phi) is 7.56. The number of anilines is 1. The molecule has 0 radical (unpaired) electrons. The molecule has 2 saturated carbocycles. The van der Waals surface area contributed by atoms with Crippen LogP contribution in [0.25, 0.3) is 0 Å². The van der Waals surface area contributed by atoms with E-state index >= 15 is 0 Å². The molecule has 13 nitrogen and oxygen atoms in total. The van der Waals surface area contributed by atoms with Gasteiger partial charge in [-0.2, -0.15) is 5.10 Å². The normalized spacial score (nSPS) is 17.1. The maximum absolute atomic E-state index is 13.5. The van der Waals surface area contributed by atoms with E-state index in [0.29, 0.717) is 0 Å². The van der Waals surface area contributed by atoms with Gasteiger partial charge in [0.2, 0.25) is 12.3 Å². The SMILES string of the molecule is Cc1nonc1C(=O)N[C@H](C(=O)Nc1cnn(C(CC(F)F)c2nnnn2CC(F)F)c1)C(C1CC1)C1CC1. The Hall–Kier alpha value is -3.92. The van der Waals surface area contributed by atoms with Gasteiger partial charge in [-0.25, -0.2) is 26.9 Å². The topological polar surface area (TPSA) is 159 Å². The lowest BCUT2D eigenvalue weighted by atomic mass is 9.88. The van der Waals surface area contributed by atoms with Crippen molar-refractivity contribution in [2.24, 2.45) is 17.8 Å². The molecule has 3 aromatic rings. The summed E-state index contributed by atoms with van der Waals surface area (Å²) in [5, 5.41) is 27.3. The summed E-state index contributed by atoms with van der Waals surface area (Å²) in [7, 11) is 0. The van der Waals surface area contributed by atoms with Crippen molar-refractivity contribution in [1.82, 2.24) is 45.6 Å². The molecule has 39 heavy (non-hydrogen) atoms. The lowest BCUT2D eigenvalue weighted by Gasteiger charge is -2.27. The zero-order chi connectivity index (χ0) is 27.7. The number of halogens is 4. The van der Waals surface area contributed by atoms with Crippen molar-refractivity contribution in [3.63, 3.8) is 0 Å². The molecule has 3 aromatic heterocycles. The quantitative estimate of drug-likeness (QED) is 0.302. The third-order valence-electron chi connectivity index (χ3n) is 6.91. The summed E-state index contributed by atoms with van der Waals surface area (Å²) in [5.41, 5.74) is 0.417. The fraction of sp³-hybridized carbons (Fsp3) is 0.636. The van der Waals surface area contributed by atoms with Crippen molar-refractivity contribution in [3.05, 3.63) is 29.6 Å². The molecule has 2 atom stereocenters. The predicted molar refractivity (Wildman–Crippen MR) is 123 cm³/mol. The first-order valence-corrected chi connectivity index (χ1v) is 12.5. The molecule has 5 rings (SSSR count). The van der Waals surface area contributed by atoms with Crippen molar-refractivity contribution >= 4 is 17.5 Å². The van der Waals surface area contributed by atoms with Crippen molar-refractivity contribution in [2.75, 3.05) is 5.32 Å². The van der Waals surface area contributed by atoms with Crippen LogP contribution in [-0.4, -0.2) is 71.0 Å². The van der Waals surface area contributed by atoms with Gasteiger partial charge in [0.25, 0.3) is 12.3 Å². The highest BCUT2D eigenvalue weighted by Crippen LogP contribution is 2.51. The molecule has 2 aliphatic carbocycles. The van der Waals surface area contributed by atoms with Gasteiger partial charge >= 0.3 is 0 Å². The van der Waals surface area contributed by atoms with Crippen molar-refractivity contribution in [2.45, 2.75) is 70.5 Å². The number of carbonyl (C=O) groups excluding carboxylic acids is 2. The number of aromatic nitrogens is 8. The highest BCUT2D eigenvalue weighted by molar-refractivity contribution is 6.00. The first-order chi connectivity index (χ1) is 18.7. The van der Waals surface area contributed by atoms with E-state index in [9.17, 15) is 27.2 Å². The number of nitrogens with zero attached hydrogens (tertiary/aromatic N) is 8. The van der Waals surface area contributed by atoms with Gasteiger partial charge in [0.15, 0.2) is 11.5 Å². The Balaban J connectivity index is 1.36. The number of rotatable bonds is 13.